The highest BCUT2D eigenvalue weighted by Gasteiger charge is 1.95. The Kier molecular flexibility index (Phi) is 12.0. The number of halogens is 1. The molecule has 0 atom stereocenters. The van der Waals surface area contributed by atoms with E-state index < -0.39 is 5.97 Å². The molecule has 19 heavy (non-hydrogen) atoms. The second-order valence-electron chi connectivity index (χ2n) is 3.65. The molecule has 6 heteroatoms. The molecule has 5 nitrogen and oxygen atoms in total. The van der Waals surface area contributed by atoms with Gasteiger partial charge < -0.3 is 16.6 Å². The minimum absolute atomic E-state index is 0.333. The Balaban J connectivity index is 0. The van der Waals surface area contributed by atoms with Crippen LogP contribution < -0.4 is 11.5 Å². The summed E-state index contributed by atoms with van der Waals surface area (Å²) in [6, 6.07) is 6.63. The van der Waals surface area contributed by atoms with Crippen molar-refractivity contribution in [3.05, 3.63) is 33.8 Å². The van der Waals surface area contributed by atoms with Gasteiger partial charge in [0, 0.05) is 11.4 Å². The molecular weight excluding hydrogens is 310 g/mol. The number of carboxylic acids is 1. The largest absolute Gasteiger partial charge is 0.481 e. The molecule has 1 rings (SSSR count). The Hall–Kier alpha value is -1.56. The molecule has 1 aromatic rings. The molecule has 0 aliphatic heterocycles. The van der Waals surface area contributed by atoms with E-state index in [1.54, 1.807) is 0 Å². The van der Waals surface area contributed by atoms with Gasteiger partial charge in [-0.05, 0) is 36.1 Å². The summed E-state index contributed by atoms with van der Waals surface area (Å²) in [5.74, 6) is -1.17. The average molecular weight is 332 g/mol. The van der Waals surface area contributed by atoms with Gasteiger partial charge in [0.1, 0.15) is 0 Å². The van der Waals surface area contributed by atoms with Crippen molar-refractivity contribution in [2.75, 3.05) is 0 Å². The van der Waals surface area contributed by atoms with Crippen LogP contribution in [0.15, 0.2) is 22.7 Å². The van der Waals surface area contributed by atoms with Crippen LogP contribution in [0.25, 0.3) is 0 Å². The monoisotopic (exact) mass is 331 g/mol. The van der Waals surface area contributed by atoms with Gasteiger partial charge in [-0.3, -0.25) is 10.2 Å². The summed E-state index contributed by atoms with van der Waals surface area (Å²) >= 11 is 3.49. The quantitative estimate of drug-likeness (QED) is 0.492. The Morgan fingerprint density at radius 2 is 1.47 bits per heavy atom. The first-order valence-electron chi connectivity index (χ1n) is 5.80. The number of nitrogens with one attached hydrogen (secondary N) is 1. The summed E-state index contributed by atoms with van der Waals surface area (Å²) in [6.45, 7) is 5.45. The van der Waals surface area contributed by atoms with E-state index >= 15 is 0 Å². The van der Waals surface area contributed by atoms with Crippen molar-refractivity contribution in [2.24, 2.45) is 11.5 Å². The van der Waals surface area contributed by atoms with Gasteiger partial charge in [0.25, 0.3) is 5.97 Å². The van der Waals surface area contributed by atoms with Crippen LogP contribution in [0.5, 0.6) is 0 Å². The third kappa shape index (κ3) is 16.4. The van der Waals surface area contributed by atoms with E-state index in [1.165, 1.54) is 15.6 Å². The van der Waals surface area contributed by atoms with Gasteiger partial charge in [-0.1, -0.05) is 35.8 Å². The van der Waals surface area contributed by atoms with Crippen molar-refractivity contribution in [1.29, 1.82) is 5.41 Å². The van der Waals surface area contributed by atoms with E-state index in [0.29, 0.717) is 0 Å². The molecule has 0 aromatic heterocycles. The fourth-order valence-corrected chi connectivity index (χ4v) is 1.71. The van der Waals surface area contributed by atoms with Crippen molar-refractivity contribution < 1.29 is 9.90 Å². The van der Waals surface area contributed by atoms with Gasteiger partial charge in [0.2, 0.25) is 0 Å². The number of hydrogen-bond acceptors (Lipinski definition) is 2. The smallest absolute Gasteiger partial charge is 0.300 e. The molecule has 6 N–H and O–H groups in total. The van der Waals surface area contributed by atoms with Crippen molar-refractivity contribution in [2.45, 2.75) is 33.6 Å². The van der Waals surface area contributed by atoms with Crippen LogP contribution in [0.3, 0.4) is 0 Å². The highest BCUT2D eigenvalue weighted by molar-refractivity contribution is 9.10. The van der Waals surface area contributed by atoms with E-state index in [2.05, 4.69) is 59.4 Å². The van der Waals surface area contributed by atoms with E-state index in [1.807, 2.05) is 0 Å². The summed E-state index contributed by atoms with van der Waals surface area (Å²) in [5, 5.41) is 13.5. The van der Waals surface area contributed by atoms with E-state index in [4.69, 9.17) is 15.3 Å². The molecule has 0 bridgehead atoms. The lowest BCUT2D eigenvalue weighted by molar-refractivity contribution is -0.134. The Morgan fingerprint density at radius 3 is 1.68 bits per heavy atom. The zero-order valence-corrected chi connectivity index (χ0v) is 13.1. The van der Waals surface area contributed by atoms with Gasteiger partial charge in [-0.2, -0.15) is 0 Å². The van der Waals surface area contributed by atoms with Crippen molar-refractivity contribution >= 4 is 27.9 Å². The third-order valence-electron chi connectivity index (χ3n) is 1.83. The lowest BCUT2D eigenvalue weighted by atomic mass is 10.1. The molecule has 0 unspecified atom stereocenters. The molecule has 0 saturated heterocycles. The van der Waals surface area contributed by atoms with Crippen molar-refractivity contribution in [1.82, 2.24) is 0 Å². The first-order valence-corrected chi connectivity index (χ1v) is 6.59. The molecule has 0 fully saturated rings. The summed E-state index contributed by atoms with van der Waals surface area (Å²) in [4.78, 5) is 9.00. The molecule has 0 heterocycles. The second kappa shape index (κ2) is 11.5. The Labute approximate surface area is 122 Å². The minimum atomic E-state index is -0.833. The molecular formula is C13H22BrN3O2. The van der Waals surface area contributed by atoms with Crippen molar-refractivity contribution in [3.63, 3.8) is 0 Å². The minimum Gasteiger partial charge on any atom is -0.481 e. The topological polar surface area (TPSA) is 113 Å². The van der Waals surface area contributed by atoms with Gasteiger partial charge in [0.05, 0.1) is 0 Å². The molecule has 108 valence electrons. The Morgan fingerprint density at radius 1 is 1.21 bits per heavy atom. The normalized spacial score (nSPS) is 8.42. The van der Waals surface area contributed by atoms with E-state index in [-0.39, 0.29) is 5.96 Å². The van der Waals surface area contributed by atoms with Gasteiger partial charge in [-0.15, -0.1) is 0 Å². The van der Waals surface area contributed by atoms with Gasteiger partial charge in [-0.25, -0.2) is 0 Å². The molecule has 0 spiro atoms. The molecule has 0 aliphatic rings. The SMILES string of the molecule is CC(=O)O.CCc1cc(Br)cc(CC)c1.N=C(N)N. The van der Waals surface area contributed by atoms with Crippen LogP contribution in [0.2, 0.25) is 0 Å². The van der Waals surface area contributed by atoms with Gasteiger partial charge >= 0.3 is 0 Å². The maximum absolute atomic E-state index is 9.00. The fourth-order valence-electron chi connectivity index (χ4n) is 1.13. The van der Waals surface area contributed by atoms with E-state index in [0.717, 1.165) is 19.8 Å². The highest BCUT2D eigenvalue weighted by Crippen LogP contribution is 2.16. The molecule has 1 aromatic carbocycles. The maximum atomic E-state index is 9.00. The van der Waals surface area contributed by atoms with Crippen LogP contribution in [-0.2, 0) is 17.6 Å². The van der Waals surface area contributed by atoms with Crippen LogP contribution >= 0.6 is 15.9 Å². The number of nitrogens with two attached hydrogens (primary N) is 2. The molecule has 0 aliphatic carbocycles. The number of benzene rings is 1. The Bertz CT molecular complexity index is 367. The summed E-state index contributed by atoms with van der Waals surface area (Å²) in [5.41, 5.74) is 11.8. The van der Waals surface area contributed by atoms with Crippen LogP contribution in [0.1, 0.15) is 31.9 Å². The first kappa shape index (κ1) is 19.8. The lowest BCUT2D eigenvalue weighted by Crippen LogP contribution is -2.20. The number of aliphatic carboxylic acids is 1. The molecule has 0 saturated carbocycles. The lowest BCUT2D eigenvalue weighted by Gasteiger charge is -2.01. The number of carboxylic acid groups (broad SMARTS) is 1. The second-order valence-corrected chi connectivity index (χ2v) is 4.56. The van der Waals surface area contributed by atoms with Gasteiger partial charge in [0.15, 0.2) is 5.96 Å². The van der Waals surface area contributed by atoms with Crippen molar-refractivity contribution in [3.8, 4) is 0 Å². The third-order valence-corrected chi connectivity index (χ3v) is 2.29. The summed E-state index contributed by atoms with van der Waals surface area (Å²) < 4.78 is 1.20. The number of hydrogen-bond donors (Lipinski definition) is 4. The first-order chi connectivity index (χ1) is 8.72. The number of carbonyl (C=O) groups is 1. The highest BCUT2D eigenvalue weighted by atomic mass is 79.9. The number of rotatable bonds is 2. The van der Waals surface area contributed by atoms with Crippen LogP contribution in [0, 0.1) is 5.41 Å². The standard InChI is InChI=1S/C10H13Br.C2H4O2.CH5N3/c1-3-8-5-9(4-2)7-10(11)6-8;1-2(3)4;2-1(3)4/h5-7H,3-4H2,1-2H3;1H3,(H,3,4);(H5,2,3,4). The fraction of sp³-hybridized carbons (Fsp3) is 0.385. The average Bonchev–Trinajstić information content (AvgIpc) is 2.26. The van der Waals surface area contributed by atoms with Crippen LogP contribution in [-0.4, -0.2) is 17.0 Å². The predicted octanol–water partition coefficient (Wildman–Crippen LogP) is 2.50. The number of guanidine groups is 1. The molecule has 0 radical (unpaired) electrons. The zero-order chi connectivity index (χ0) is 15.4. The number of aryl methyl sites for hydroxylation is 2. The van der Waals surface area contributed by atoms with E-state index in [9.17, 15) is 0 Å². The van der Waals surface area contributed by atoms with Crippen LogP contribution in [0.4, 0.5) is 0 Å². The molecule has 0 amide bonds. The zero-order valence-electron chi connectivity index (χ0n) is 11.5. The summed E-state index contributed by atoms with van der Waals surface area (Å²) in [6.07, 6.45) is 2.24. The summed E-state index contributed by atoms with van der Waals surface area (Å²) in [7, 11) is 0. The predicted molar refractivity (Wildman–Crippen MR) is 82.3 cm³/mol. The maximum Gasteiger partial charge on any atom is 0.300 e.